The van der Waals surface area contributed by atoms with Crippen LogP contribution in [-0.2, 0) is 6.54 Å². The first-order valence-electron chi connectivity index (χ1n) is 5.48. The van der Waals surface area contributed by atoms with E-state index in [1.807, 2.05) is 24.3 Å². The highest BCUT2D eigenvalue weighted by molar-refractivity contribution is 7.80. The second-order valence-electron chi connectivity index (χ2n) is 3.65. The maximum atomic E-state index is 5.21. The molecule has 1 heterocycles. The van der Waals surface area contributed by atoms with Crippen LogP contribution in [0.5, 0.6) is 0 Å². The monoisotopic (exact) mass is 244 g/mol. The zero-order valence-corrected chi connectivity index (χ0v) is 10.2. The molecule has 2 rings (SSSR count). The number of allylic oxidation sites excluding steroid dienone is 3. The van der Waals surface area contributed by atoms with Gasteiger partial charge >= 0.3 is 0 Å². The van der Waals surface area contributed by atoms with Crippen LogP contribution in [0.4, 0.5) is 0 Å². The molecule has 1 aliphatic rings. The first-order chi connectivity index (χ1) is 8.34. The van der Waals surface area contributed by atoms with Gasteiger partial charge < -0.3 is 10.6 Å². The first kappa shape index (κ1) is 11.8. The van der Waals surface area contributed by atoms with E-state index in [4.69, 9.17) is 12.2 Å². The molecule has 0 bridgehead atoms. The molecule has 3 nitrogen and oxygen atoms in total. The molecule has 1 radical (unpaired) electrons. The summed E-state index contributed by atoms with van der Waals surface area (Å²) in [6.07, 6.45) is 12.7. The number of aromatic nitrogens is 1. The lowest BCUT2D eigenvalue weighted by molar-refractivity contribution is 0.888. The van der Waals surface area contributed by atoms with Crippen molar-refractivity contribution in [3.8, 4) is 0 Å². The van der Waals surface area contributed by atoms with Gasteiger partial charge in [0.05, 0.1) is 0 Å². The zero-order chi connectivity index (χ0) is 11.9. The number of thiocarbonyl (C=S) groups is 1. The van der Waals surface area contributed by atoms with Crippen molar-refractivity contribution in [1.82, 2.24) is 15.6 Å². The number of hydrogen-bond donors (Lipinski definition) is 2. The normalized spacial score (nSPS) is 14.0. The van der Waals surface area contributed by atoms with Crippen molar-refractivity contribution in [3.63, 3.8) is 0 Å². The second kappa shape index (κ2) is 6.15. The predicted molar refractivity (Wildman–Crippen MR) is 73.0 cm³/mol. The van der Waals surface area contributed by atoms with E-state index in [0.717, 1.165) is 17.7 Å². The van der Waals surface area contributed by atoms with Gasteiger partial charge in [-0.15, -0.1) is 0 Å². The molecule has 0 spiro atoms. The summed E-state index contributed by atoms with van der Waals surface area (Å²) in [6, 6.07) is 3.93. The van der Waals surface area contributed by atoms with E-state index >= 15 is 0 Å². The summed E-state index contributed by atoms with van der Waals surface area (Å²) in [5.41, 5.74) is 2.20. The fraction of sp³-hybridized carbons (Fsp3) is 0.154. The Balaban J connectivity index is 1.78. The quantitative estimate of drug-likeness (QED) is 0.798. The molecule has 0 aliphatic heterocycles. The van der Waals surface area contributed by atoms with Crippen LogP contribution >= 0.6 is 12.2 Å². The zero-order valence-electron chi connectivity index (χ0n) is 9.39. The number of rotatable bonds is 3. The third-order valence-electron chi connectivity index (χ3n) is 2.35. The molecule has 0 aromatic carbocycles. The standard InChI is InChI=1S/C13H14N3S/c17-13(16-12-4-2-1-3-5-12)15-10-11-6-8-14-9-7-11/h1-2,4-9H,3,10H2,(H2,15,16,17). The molecule has 0 amide bonds. The highest BCUT2D eigenvalue weighted by Gasteiger charge is 2.00. The molecule has 0 saturated carbocycles. The van der Waals surface area contributed by atoms with Gasteiger partial charge in [0, 0.05) is 24.6 Å². The molecule has 4 heteroatoms. The van der Waals surface area contributed by atoms with Gasteiger partial charge in [-0.05, 0) is 48.8 Å². The Morgan fingerprint density at radius 3 is 2.88 bits per heavy atom. The molecule has 1 aliphatic carbocycles. The molecule has 0 unspecified atom stereocenters. The van der Waals surface area contributed by atoms with Gasteiger partial charge in [0.15, 0.2) is 5.11 Å². The smallest absolute Gasteiger partial charge is 0.171 e. The average Bonchev–Trinajstić information content (AvgIpc) is 2.39. The van der Waals surface area contributed by atoms with E-state index in [2.05, 4.69) is 28.1 Å². The van der Waals surface area contributed by atoms with E-state index < -0.39 is 0 Å². The summed E-state index contributed by atoms with van der Waals surface area (Å²) in [7, 11) is 0. The fourth-order valence-corrected chi connectivity index (χ4v) is 1.65. The van der Waals surface area contributed by atoms with Crippen molar-refractivity contribution >= 4 is 17.3 Å². The lowest BCUT2D eigenvalue weighted by Gasteiger charge is -2.12. The molecular weight excluding hydrogens is 230 g/mol. The van der Waals surface area contributed by atoms with Gasteiger partial charge in [-0.25, -0.2) is 0 Å². The van der Waals surface area contributed by atoms with Gasteiger partial charge in [-0.2, -0.15) is 0 Å². The third kappa shape index (κ3) is 4.00. The van der Waals surface area contributed by atoms with Crippen molar-refractivity contribution in [1.29, 1.82) is 0 Å². The van der Waals surface area contributed by atoms with E-state index in [1.165, 1.54) is 0 Å². The van der Waals surface area contributed by atoms with Crippen LogP contribution in [0.25, 0.3) is 0 Å². The Labute approximate surface area is 107 Å². The first-order valence-corrected chi connectivity index (χ1v) is 5.89. The Hall–Kier alpha value is -1.68. The highest BCUT2D eigenvalue weighted by Crippen LogP contribution is 2.05. The minimum Gasteiger partial charge on any atom is -0.358 e. The summed E-state index contributed by atoms with van der Waals surface area (Å²) in [5.74, 6) is 0. The number of nitrogens with zero attached hydrogens (tertiary/aromatic N) is 1. The summed E-state index contributed by atoms with van der Waals surface area (Å²) in [6.45, 7) is 0.706. The van der Waals surface area contributed by atoms with Crippen LogP contribution in [-0.4, -0.2) is 10.1 Å². The molecule has 2 N–H and O–H groups in total. The summed E-state index contributed by atoms with van der Waals surface area (Å²) >= 11 is 5.21. The molecule has 87 valence electrons. The van der Waals surface area contributed by atoms with Crippen molar-refractivity contribution in [2.75, 3.05) is 0 Å². The largest absolute Gasteiger partial charge is 0.358 e. The highest BCUT2D eigenvalue weighted by atomic mass is 32.1. The van der Waals surface area contributed by atoms with Crippen molar-refractivity contribution in [3.05, 3.63) is 60.4 Å². The Bertz CT molecular complexity index is 437. The van der Waals surface area contributed by atoms with E-state index in [-0.39, 0.29) is 0 Å². The van der Waals surface area contributed by atoms with Crippen LogP contribution in [0.15, 0.2) is 48.5 Å². The number of nitrogens with one attached hydrogen (secondary N) is 2. The van der Waals surface area contributed by atoms with Crippen LogP contribution in [0, 0.1) is 6.42 Å². The average molecular weight is 244 g/mol. The Kier molecular flexibility index (Phi) is 4.27. The summed E-state index contributed by atoms with van der Waals surface area (Å²) < 4.78 is 0. The van der Waals surface area contributed by atoms with Gasteiger partial charge in [0.25, 0.3) is 0 Å². The minimum atomic E-state index is 0.639. The van der Waals surface area contributed by atoms with E-state index in [9.17, 15) is 0 Å². The summed E-state index contributed by atoms with van der Waals surface area (Å²) in [5, 5.41) is 6.94. The van der Waals surface area contributed by atoms with Crippen molar-refractivity contribution < 1.29 is 0 Å². The second-order valence-corrected chi connectivity index (χ2v) is 4.06. The molecule has 0 atom stereocenters. The van der Waals surface area contributed by atoms with Gasteiger partial charge in [-0.1, -0.05) is 12.2 Å². The Morgan fingerprint density at radius 1 is 1.35 bits per heavy atom. The fourth-order valence-electron chi connectivity index (χ4n) is 1.46. The SMILES string of the molecule is S=C(NCc1ccncc1)NC1=CC[CH]C=C1. The molecule has 0 fully saturated rings. The summed E-state index contributed by atoms with van der Waals surface area (Å²) in [4.78, 5) is 3.97. The predicted octanol–water partition coefficient (Wildman–Crippen LogP) is 2.09. The minimum absolute atomic E-state index is 0.639. The lowest BCUT2D eigenvalue weighted by atomic mass is 10.1. The van der Waals surface area contributed by atoms with Crippen LogP contribution < -0.4 is 10.6 Å². The molecule has 1 aromatic heterocycles. The molecular formula is C13H14N3S. The molecule has 17 heavy (non-hydrogen) atoms. The van der Waals surface area contributed by atoms with Crippen LogP contribution in [0.2, 0.25) is 0 Å². The topological polar surface area (TPSA) is 37.0 Å². The third-order valence-corrected chi connectivity index (χ3v) is 2.59. The van der Waals surface area contributed by atoms with E-state index in [0.29, 0.717) is 11.7 Å². The maximum absolute atomic E-state index is 5.21. The molecule has 1 aromatic rings. The molecule has 0 saturated heterocycles. The van der Waals surface area contributed by atoms with Gasteiger partial charge in [-0.3, -0.25) is 4.98 Å². The number of hydrogen-bond acceptors (Lipinski definition) is 2. The van der Waals surface area contributed by atoms with Crippen molar-refractivity contribution in [2.45, 2.75) is 13.0 Å². The van der Waals surface area contributed by atoms with Gasteiger partial charge in [0.1, 0.15) is 0 Å². The van der Waals surface area contributed by atoms with Crippen LogP contribution in [0.1, 0.15) is 12.0 Å². The van der Waals surface area contributed by atoms with Crippen molar-refractivity contribution in [2.24, 2.45) is 0 Å². The Morgan fingerprint density at radius 2 is 2.18 bits per heavy atom. The number of pyridine rings is 1. The van der Waals surface area contributed by atoms with E-state index in [1.54, 1.807) is 12.4 Å². The lowest BCUT2D eigenvalue weighted by Crippen LogP contribution is -2.34. The maximum Gasteiger partial charge on any atom is 0.171 e. The van der Waals surface area contributed by atoms with Crippen LogP contribution in [0.3, 0.4) is 0 Å². The van der Waals surface area contributed by atoms with Gasteiger partial charge in [0.2, 0.25) is 0 Å².